The quantitative estimate of drug-likeness (QED) is 0.618. The molecule has 0 atom stereocenters. The minimum atomic E-state index is -0.165. The highest BCUT2D eigenvalue weighted by Crippen LogP contribution is 2.10. The van der Waals surface area contributed by atoms with Crippen LogP contribution in [0, 0.1) is 0 Å². The molecule has 1 N–H and O–H groups in total. The van der Waals surface area contributed by atoms with Gasteiger partial charge in [0.25, 0.3) is 0 Å². The van der Waals surface area contributed by atoms with Gasteiger partial charge in [-0.1, -0.05) is 0 Å². The number of hydrogen-bond acceptors (Lipinski definition) is 2. The van der Waals surface area contributed by atoms with Crippen LogP contribution in [-0.4, -0.2) is 46.8 Å². The van der Waals surface area contributed by atoms with E-state index in [0.717, 1.165) is 6.54 Å². The molecule has 0 unspecified atom stereocenters. The van der Waals surface area contributed by atoms with Crippen LogP contribution >= 0.6 is 0 Å². The molecule has 0 aromatic carbocycles. The Morgan fingerprint density at radius 3 is 2.45 bits per heavy atom. The Balaban J connectivity index is 2.56. The first kappa shape index (κ1) is 8.33. The summed E-state index contributed by atoms with van der Waals surface area (Å²) in [5.41, 5.74) is 0. The highest BCUT2D eigenvalue weighted by molar-refractivity contribution is 5.76. The summed E-state index contributed by atoms with van der Waals surface area (Å²) in [5.74, 6) is 0. The second-order valence-electron chi connectivity index (χ2n) is 2.97. The topological polar surface area (TPSA) is 43.8 Å². The molecule has 1 aliphatic heterocycles. The Hall–Kier alpha value is -0.770. The average Bonchev–Trinajstić information content (AvgIpc) is 2.30. The molecule has 0 aromatic rings. The number of rotatable bonds is 2. The maximum Gasteiger partial charge on any atom is 0.322 e. The van der Waals surface area contributed by atoms with Crippen molar-refractivity contribution in [2.75, 3.05) is 19.8 Å². The fraction of sp³-hybridized carbons (Fsp3) is 0.857. The Bertz CT molecular complexity index is 159. The third-order valence-electron chi connectivity index (χ3n) is 1.92. The monoisotopic (exact) mass is 158 g/mol. The van der Waals surface area contributed by atoms with Crippen LogP contribution < -0.4 is 0 Å². The van der Waals surface area contributed by atoms with Crippen LogP contribution in [0.25, 0.3) is 0 Å². The van der Waals surface area contributed by atoms with Crippen molar-refractivity contribution in [2.45, 2.75) is 19.9 Å². The van der Waals surface area contributed by atoms with E-state index >= 15 is 0 Å². The molecule has 0 spiro atoms. The van der Waals surface area contributed by atoms with E-state index in [9.17, 15) is 4.79 Å². The largest absolute Gasteiger partial charge is 0.376 e. The van der Waals surface area contributed by atoms with Gasteiger partial charge >= 0.3 is 6.03 Å². The van der Waals surface area contributed by atoms with E-state index in [1.54, 1.807) is 4.90 Å². The molecule has 1 saturated heterocycles. The number of aliphatic hydroxyl groups is 1. The van der Waals surface area contributed by atoms with E-state index in [0.29, 0.717) is 6.54 Å². The molecule has 0 radical (unpaired) electrons. The summed E-state index contributed by atoms with van der Waals surface area (Å²) in [4.78, 5) is 14.4. The molecular weight excluding hydrogens is 144 g/mol. The summed E-state index contributed by atoms with van der Waals surface area (Å²) in [7, 11) is 0. The third kappa shape index (κ3) is 1.45. The van der Waals surface area contributed by atoms with E-state index in [-0.39, 0.29) is 18.8 Å². The molecule has 0 bridgehead atoms. The molecule has 4 nitrogen and oxygen atoms in total. The van der Waals surface area contributed by atoms with E-state index in [4.69, 9.17) is 5.11 Å². The first-order chi connectivity index (χ1) is 5.16. The number of carbonyl (C=O) groups excluding carboxylic acids is 1. The molecule has 1 heterocycles. The van der Waals surface area contributed by atoms with Gasteiger partial charge in [-0.15, -0.1) is 0 Å². The zero-order valence-electron chi connectivity index (χ0n) is 6.95. The third-order valence-corrected chi connectivity index (χ3v) is 1.92. The Labute approximate surface area is 66.4 Å². The zero-order chi connectivity index (χ0) is 8.43. The van der Waals surface area contributed by atoms with Crippen molar-refractivity contribution in [1.82, 2.24) is 9.80 Å². The molecule has 0 aromatic heterocycles. The lowest BCUT2D eigenvalue weighted by Gasteiger charge is -2.20. The summed E-state index contributed by atoms with van der Waals surface area (Å²) >= 11 is 0. The van der Waals surface area contributed by atoms with Crippen molar-refractivity contribution in [3.63, 3.8) is 0 Å². The summed E-state index contributed by atoms with van der Waals surface area (Å²) in [5, 5.41) is 8.71. The van der Waals surface area contributed by atoms with Crippen LogP contribution in [0.1, 0.15) is 13.8 Å². The lowest BCUT2D eigenvalue weighted by atomic mass is 10.3. The average molecular weight is 158 g/mol. The fourth-order valence-corrected chi connectivity index (χ4v) is 1.21. The Morgan fingerprint density at radius 2 is 2.18 bits per heavy atom. The molecule has 1 aliphatic rings. The lowest BCUT2D eigenvalue weighted by molar-refractivity contribution is 0.131. The standard InChI is InChI=1S/C7H14N2O2/c1-6(2)9-4-3-8(5-10)7(9)11/h6,10H,3-5H2,1-2H3. The van der Waals surface area contributed by atoms with Crippen molar-refractivity contribution in [2.24, 2.45) is 0 Å². The molecule has 0 saturated carbocycles. The summed E-state index contributed by atoms with van der Waals surface area (Å²) in [6.07, 6.45) is 0. The van der Waals surface area contributed by atoms with Crippen LogP contribution in [0.3, 0.4) is 0 Å². The van der Waals surface area contributed by atoms with Crippen molar-refractivity contribution >= 4 is 6.03 Å². The number of nitrogens with zero attached hydrogens (tertiary/aromatic N) is 2. The van der Waals surface area contributed by atoms with Gasteiger partial charge in [-0.3, -0.25) is 4.90 Å². The van der Waals surface area contributed by atoms with Gasteiger partial charge in [0.1, 0.15) is 6.73 Å². The summed E-state index contributed by atoms with van der Waals surface area (Å²) in [6, 6.07) is 0.182. The first-order valence-corrected chi connectivity index (χ1v) is 3.83. The first-order valence-electron chi connectivity index (χ1n) is 3.83. The van der Waals surface area contributed by atoms with Gasteiger partial charge in [0.05, 0.1) is 0 Å². The van der Waals surface area contributed by atoms with Crippen LogP contribution in [0.15, 0.2) is 0 Å². The van der Waals surface area contributed by atoms with Gasteiger partial charge < -0.3 is 10.0 Å². The predicted octanol–water partition coefficient (Wildman–Crippen LogP) is 0.0822. The van der Waals surface area contributed by atoms with Gasteiger partial charge in [0, 0.05) is 19.1 Å². The highest BCUT2D eigenvalue weighted by Gasteiger charge is 2.28. The molecule has 64 valence electrons. The van der Waals surface area contributed by atoms with Crippen molar-refractivity contribution in [3.05, 3.63) is 0 Å². The zero-order valence-corrected chi connectivity index (χ0v) is 6.95. The Kier molecular flexibility index (Phi) is 2.34. The molecule has 0 aliphatic carbocycles. The second-order valence-corrected chi connectivity index (χ2v) is 2.97. The molecule has 11 heavy (non-hydrogen) atoms. The SMILES string of the molecule is CC(C)N1CCN(CO)C1=O. The minimum Gasteiger partial charge on any atom is -0.376 e. The van der Waals surface area contributed by atoms with E-state index in [2.05, 4.69) is 0 Å². The minimum absolute atomic E-state index is 0.0532. The van der Waals surface area contributed by atoms with Crippen LogP contribution in [0.5, 0.6) is 0 Å². The number of aliphatic hydroxyl groups excluding tert-OH is 1. The number of urea groups is 1. The Morgan fingerprint density at radius 1 is 1.55 bits per heavy atom. The molecule has 4 heteroatoms. The smallest absolute Gasteiger partial charge is 0.322 e. The summed E-state index contributed by atoms with van der Waals surface area (Å²) in [6.45, 7) is 5.16. The van der Waals surface area contributed by atoms with Crippen LogP contribution in [-0.2, 0) is 0 Å². The van der Waals surface area contributed by atoms with E-state index in [1.165, 1.54) is 4.90 Å². The predicted molar refractivity (Wildman–Crippen MR) is 41.0 cm³/mol. The molecule has 1 fully saturated rings. The van der Waals surface area contributed by atoms with Crippen molar-refractivity contribution in [3.8, 4) is 0 Å². The van der Waals surface area contributed by atoms with Crippen molar-refractivity contribution < 1.29 is 9.90 Å². The van der Waals surface area contributed by atoms with Gasteiger partial charge in [0.15, 0.2) is 0 Å². The lowest BCUT2D eigenvalue weighted by Crippen LogP contribution is -2.36. The fourth-order valence-electron chi connectivity index (χ4n) is 1.21. The number of carbonyl (C=O) groups is 1. The second kappa shape index (κ2) is 3.09. The molecule has 1 rings (SSSR count). The highest BCUT2D eigenvalue weighted by atomic mass is 16.3. The summed E-state index contributed by atoms with van der Waals surface area (Å²) < 4.78 is 0. The van der Waals surface area contributed by atoms with Gasteiger partial charge in [-0.2, -0.15) is 0 Å². The van der Waals surface area contributed by atoms with E-state index < -0.39 is 0 Å². The van der Waals surface area contributed by atoms with Gasteiger partial charge in [-0.05, 0) is 13.8 Å². The van der Waals surface area contributed by atoms with Gasteiger partial charge in [0.2, 0.25) is 0 Å². The van der Waals surface area contributed by atoms with Gasteiger partial charge in [-0.25, -0.2) is 4.79 Å². The maximum absolute atomic E-state index is 11.3. The molecular formula is C7H14N2O2. The molecule has 2 amide bonds. The van der Waals surface area contributed by atoms with E-state index in [1.807, 2.05) is 13.8 Å². The normalized spacial score (nSPS) is 18.7. The van der Waals surface area contributed by atoms with Crippen molar-refractivity contribution in [1.29, 1.82) is 0 Å². The number of amides is 2. The number of hydrogen-bond donors (Lipinski definition) is 1. The van der Waals surface area contributed by atoms with Crippen LogP contribution in [0.4, 0.5) is 4.79 Å². The maximum atomic E-state index is 11.3. The van der Waals surface area contributed by atoms with Crippen LogP contribution in [0.2, 0.25) is 0 Å².